The van der Waals surface area contributed by atoms with E-state index in [4.69, 9.17) is 4.74 Å². The Morgan fingerprint density at radius 3 is 2.84 bits per heavy atom. The summed E-state index contributed by atoms with van der Waals surface area (Å²) < 4.78 is 6.42. The number of esters is 1. The molecule has 0 radical (unpaired) electrons. The van der Waals surface area contributed by atoms with Gasteiger partial charge in [0.2, 0.25) is 5.91 Å². The highest BCUT2D eigenvalue weighted by Gasteiger charge is 2.23. The van der Waals surface area contributed by atoms with E-state index in [1.807, 2.05) is 0 Å². The molecule has 104 valence electrons. The van der Waals surface area contributed by atoms with Gasteiger partial charge in [0, 0.05) is 19.7 Å². The summed E-state index contributed by atoms with van der Waals surface area (Å²) in [5.74, 6) is 0.212. The zero-order valence-corrected chi connectivity index (χ0v) is 11.3. The summed E-state index contributed by atoms with van der Waals surface area (Å²) in [6.07, 6.45) is 5.48. The fraction of sp³-hybridized carbons (Fsp3) is 0.615. The van der Waals surface area contributed by atoms with Crippen LogP contribution in [-0.4, -0.2) is 28.3 Å². The Bertz CT molecular complexity index is 477. The first-order chi connectivity index (χ1) is 9.10. The number of carbonyl (C=O) groups is 2. The number of carbonyl (C=O) groups excluding carboxylic acids is 2. The van der Waals surface area contributed by atoms with Gasteiger partial charge in [-0.3, -0.25) is 9.48 Å². The topological polar surface area (TPSA) is 73.2 Å². The second-order valence-electron chi connectivity index (χ2n) is 4.83. The average molecular weight is 265 g/mol. The van der Waals surface area contributed by atoms with Crippen LogP contribution in [0.25, 0.3) is 0 Å². The third-order valence-electron chi connectivity index (χ3n) is 3.28. The van der Waals surface area contributed by atoms with E-state index >= 15 is 0 Å². The van der Waals surface area contributed by atoms with Crippen molar-refractivity contribution >= 4 is 17.7 Å². The minimum Gasteiger partial charge on any atom is -0.462 e. The van der Waals surface area contributed by atoms with Gasteiger partial charge >= 0.3 is 5.97 Å². The number of nitrogens with one attached hydrogen (secondary N) is 1. The molecule has 2 rings (SSSR count). The molecule has 0 spiro atoms. The van der Waals surface area contributed by atoms with Crippen LogP contribution in [-0.2, 0) is 16.6 Å². The molecule has 1 amide bonds. The highest BCUT2D eigenvalue weighted by molar-refractivity contribution is 6.00. The van der Waals surface area contributed by atoms with Gasteiger partial charge in [-0.25, -0.2) is 4.79 Å². The number of aryl methyl sites for hydroxylation is 1. The second-order valence-corrected chi connectivity index (χ2v) is 4.83. The monoisotopic (exact) mass is 265 g/mol. The van der Waals surface area contributed by atoms with E-state index < -0.39 is 5.97 Å². The minimum absolute atomic E-state index is 0.0889. The lowest BCUT2D eigenvalue weighted by Crippen LogP contribution is -2.22. The van der Waals surface area contributed by atoms with Gasteiger partial charge in [-0.1, -0.05) is 6.42 Å². The lowest BCUT2D eigenvalue weighted by atomic mass is 9.83. The first kappa shape index (κ1) is 13.6. The molecule has 0 atom stereocenters. The van der Waals surface area contributed by atoms with E-state index in [2.05, 4.69) is 10.4 Å². The first-order valence-electron chi connectivity index (χ1n) is 6.60. The third-order valence-corrected chi connectivity index (χ3v) is 3.28. The lowest BCUT2D eigenvalue weighted by Gasteiger charge is -2.24. The van der Waals surface area contributed by atoms with Gasteiger partial charge in [-0.15, -0.1) is 0 Å². The molecular weight excluding hydrogens is 246 g/mol. The molecule has 1 fully saturated rings. The number of rotatable bonds is 5. The molecule has 0 saturated heterocycles. The van der Waals surface area contributed by atoms with E-state index in [-0.39, 0.29) is 11.7 Å². The maximum absolute atomic E-state index is 11.8. The van der Waals surface area contributed by atoms with Crippen molar-refractivity contribution in [3.8, 4) is 0 Å². The number of nitrogens with zero attached hydrogens (tertiary/aromatic N) is 2. The predicted octanol–water partition coefficient (Wildman–Crippen LogP) is 1.73. The van der Waals surface area contributed by atoms with Crippen molar-refractivity contribution in [1.82, 2.24) is 9.78 Å². The van der Waals surface area contributed by atoms with Crippen molar-refractivity contribution in [2.45, 2.75) is 32.6 Å². The maximum atomic E-state index is 11.8. The van der Waals surface area contributed by atoms with Crippen LogP contribution >= 0.6 is 0 Å². The normalized spacial score (nSPS) is 14.8. The fourth-order valence-corrected chi connectivity index (χ4v) is 2.08. The molecule has 0 bridgehead atoms. The van der Waals surface area contributed by atoms with Crippen molar-refractivity contribution in [3.05, 3.63) is 11.8 Å². The highest BCUT2D eigenvalue weighted by atomic mass is 16.5. The van der Waals surface area contributed by atoms with E-state index in [9.17, 15) is 9.59 Å². The van der Waals surface area contributed by atoms with Crippen LogP contribution in [0.15, 0.2) is 6.20 Å². The Hall–Kier alpha value is -1.85. The third kappa shape index (κ3) is 3.33. The molecule has 1 aliphatic carbocycles. The van der Waals surface area contributed by atoms with Crippen molar-refractivity contribution in [2.75, 3.05) is 11.9 Å². The van der Waals surface area contributed by atoms with Crippen LogP contribution in [0.3, 0.4) is 0 Å². The molecule has 0 unspecified atom stereocenters. The van der Waals surface area contributed by atoms with Crippen LogP contribution in [0.1, 0.15) is 43.0 Å². The van der Waals surface area contributed by atoms with E-state index in [0.717, 1.165) is 12.8 Å². The number of aromatic nitrogens is 2. The number of amides is 1. The number of anilines is 1. The van der Waals surface area contributed by atoms with Crippen LogP contribution in [0.4, 0.5) is 5.82 Å². The summed E-state index contributed by atoms with van der Waals surface area (Å²) in [5, 5.41) is 6.79. The number of ether oxygens (including phenoxy) is 1. The molecule has 6 nitrogen and oxygen atoms in total. The molecule has 1 N–H and O–H groups in total. The SMILES string of the molecule is CCOC(=O)c1cn(C)nc1NC(=O)CC1CCC1. The van der Waals surface area contributed by atoms with Gasteiger partial charge in [0.15, 0.2) is 5.82 Å². The maximum Gasteiger partial charge on any atom is 0.343 e. The zero-order valence-electron chi connectivity index (χ0n) is 11.3. The fourth-order valence-electron chi connectivity index (χ4n) is 2.08. The van der Waals surface area contributed by atoms with Crippen molar-refractivity contribution in [1.29, 1.82) is 0 Å². The molecule has 0 aromatic carbocycles. The quantitative estimate of drug-likeness (QED) is 0.823. The largest absolute Gasteiger partial charge is 0.462 e. The van der Waals surface area contributed by atoms with Gasteiger partial charge < -0.3 is 10.1 Å². The summed E-state index contributed by atoms with van der Waals surface area (Å²) in [6, 6.07) is 0. The van der Waals surface area contributed by atoms with Crippen molar-refractivity contribution in [2.24, 2.45) is 13.0 Å². The summed E-state index contributed by atoms with van der Waals surface area (Å²) in [6.45, 7) is 2.03. The summed E-state index contributed by atoms with van der Waals surface area (Å²) in [4.78, 5) is 23.6. The van der Waals surface area contributed by atoms with E-state index in [1.54, 1.807) is 20.2 Å². The molecule has 19 heavy (non-hydrogen) atoms. The highest BCUT2D eigenvalue weighted by Crippen LogP contribution is 2.29. The van der Waals surface area contributed by atoms with Crippen LogP contribution in [0.5, 0.6) is 0 Å². The Morgan fingerprint density at radius 1 is 1.53 bits per heavy atom. The molecule has 1 aliphatic rings. The van der Waals surface area contributed by atoms with Gasteiger partial charge in [0.1, 0.15) is 5.56 Å². The minimum atomic E-state index is -0.463. The Balaban J connectivity index is 2.01. The molecular formula is C13H19N3O3. The molecule has 0 aliphatic heterocycles. The van der Waals surface area contributed by atoms with Gasteiger partial charge in [0.05, 0.1) is 6.61 Å². The lowest BCUT2D eigenvalue weighted by molar-refractivity contribution is -0.117. The van der Waals surface area contributed by atoms with Crippen molar-refractivity contribution < 1.29 is 14.3 Å². The Kier molecular flexibility index (Phi) is 4.19. The Labute approximate surface area is 112 Å². The smallest absolute Gasteiger partial charge is 0.343 e. The van der Waals surface area contributed by atoms with E-state index in [1.165, 1.54) is 11.1 Å². The van der Waals surface area contributed by atoms with Gasteiger partial charge in [-0.05, 0) is 25.7 Å². The van der Waals surface area contributed by atoms with Crippen LogP contribution < -0.4 is 5.32 Å². The van der Waals surface area contributed by atoms with Gasteiger partial charge in [-0.2, -0.15) is 5.10 Å². The second kappa shape index (κ2) is 5.86. The summed E-state index contributed by atoms with van der Waals surface area (Å²) in [7, 11) is 1.70. The first-order valence-corrected chi connectivity index (χ1v) is 6.60. The summed E-state index contributed by atoms with van der Waals surface area (Å²) in [5.41, 5.74) is 0.298. The number of hydrogen-bond acceptors (Lipinski definition) is 4. The molecule has 6 heteroatoms. The number of hydrogen-bond donors (Lipinski definition) is 1. The standard InChI is InChI=1S/C13H19N3O3/c1-3-19-13(18)10-8-16(2)15-12(10)14-11(17)7-9-5-4-6-9/h8-9H,3-7H2,1-2H3,(H,14,15,17). The van der Waals surface area contributed by atoms with E-state index in [0.29, 0.717) is 24.5 Å². The molecule has 1 saturated carbocycles. The Morgan fingerprint density at radius 2 is 2.26 bits per heavy atom. The van der Waals surface area contributed by atoms with Crippen molar-refractivity contribution in [3.63, 3.8) is 0 Å². The van der Waals surface area contributed by atoms with Gasteiger partial charge in [0.25, 0.3) is 0 Å². The molecule has 1 heterocycles. The molecule has 1 aromatic rings. The average Bonchev–Trinajstić information content (AvgIpc) is 2.65. The van der Waals surface area contributed by atoms with Crippen LogP contribution in [0, 0.1) is 5.92 Å². The predicted molar refractivity (Wildman–Crippen MR) is 69.8 cm³/mol. The summed E-state index contributed by atoms with van der Waals surface area (Å²) >= 11 is 0. The molecule has 1 aromatic heterocycles. The zero-order chi connectivity index (χ0) is 13.8. The van der Waals surface area contributed by atoms with Crippen LogP contribution in [0.2, 0.25) is 0 Å².